The molecule has 0 saturated carbocycles. The van der Waals surface area contributed by atoms with Crippen molar-refractivity contribution in [1.29, 1.82) is 0 Å². The maximum atomic E-state index is 12.0. The molecule has 1 saturated heterocycles. The molecule has 16 heavy (non-hydrogen) atoms. The Labute approximate surface area is 101 Å². The van der Waals surface area contributed by atoms with Gasteiger partial charge in [0.15, 0.2) is 5.69 Å². The van der Waals surface area contributed by atoms with E-state index in [2.05, 4.69) is 10.2 Å². The van der Waals surface area contributed by atoms with E-state index in [0.29, 0.717) is 12.2 Å². The molecule has 1 aliphatic rings. The van der Waals surface area contributed by atoms with E-state index in [1.165, 1.54) is 0 Å². The van der Waals surface area contributed by atoms with Crippen molar-refractivity contribution in [3.05, 3.63) is 17.0 Å². The number of hydrogen-bond acceptors (Lipinski definition) is 3. The fraction of sp³-hybridized carbons (Fsp3) is 0.600. The van der Waals surface area contributed by atoms with Crippen molar-refractivity contribution >= 4 is 18.3 Å². The van der Waals surface area contributed by atoms with Crippen LogP contribution in [0.15, 0.2) is 0 Å². The summed E-state index contributed by atoms with van der Waals surface area (Å²) in [5, 5.41) is 6.85. The quantitative estimate of drug-likeness (QED) is 0.761. The molecule has 0 spiro atoms. The number of aryl methyl sites for hydroxylation is 1. The van der Waals surface area contributed by atoms with E-state index in [4.69, 9.17) is 5.73 Å². The zero-order valence-electron chi connectivity index (χ0n) is 9.49. The third kappa shape index (κ3) is 2.20. The van der Waals surface area contributed by atoms with Crippen LogP contribution in [0.5, 0.6) is 0 Å². The largest absolute Gasteiger partial charge is 0.336 e. The van der Waals surface area contributed by atoms with Crippen LogP contribution in [0.25, 0.3) is 0 Å². The van der Waals surface area contributed by atoms with Gasteiger partial charge in [0.25, 0.3) is 5.91 Å². The standard InChI is InChI=1S/C10H16N4O.ClH/c1-6-7(2)12-13-9(6)10(15)14-4-3-8(11)5-14;/h8H,3-5,11H2,1-2H3,(H,12,13);1H/t8-;/m0./s1. The second kappa shape index (κ2) is 4.84. The number of aromatic nitrogens is 2. The molecule has 1 aromatic heterocycles. The molecule has 6 heteroatoms. The molecule has 1 aliphatic heterocycles. The topological polar surface area (TPSA) is 75.0 Å². The molecule has 3 N–H and O–H groups in total. The van der Waals surface area contributed by atoms with Crippen LogP contribution < -0.4 is 5.73 Å². The maximum Gasteiger partial charge on any atom is 0.274 e. The van der Waals surface area contributed by atoms with Crippen LogP contribution in [-0.4, -0.2) is 40.1 Å². The predicted molar refractivity (Wildman–Crippen MR) is 63.8 cm³/mol. The smallest absolute Gasteiger partial charge is 0.274 e. The van der Waals surface area contributed by atoms with E-state index in [-0.39, 0.29) is 24.4 Å². The molecule has 2 heterocycles. The summed E-state index contributed by atoms with van der Waals surface area (Å²) in [4.78, 5) is 13.8. The van der Waals surface area contributed by atoms with Crippen LogP contribution >= 0.6 is 12.4 Å². The monoisotopic (exact) mass is 244 g/mol. The number of H-pyrrole nitrogens is 1. The first-order valence-electron chi connectivity index (χ1n) is 5.16. The number of nitrogens with zero attached hydrogens (tertiary/aromatic N) is 2. The summed E-state index contributed by atoms with van der Waals surface area (Å²) < 4.78 is 0. The van der Waals surface area contributed by atoms with E-state index in [0.717, 1.165) is 24.2 Å². The van der Waals surface area contributed by atoms with Crippen LogP contribution in [0.3, 0.4) is 0 Å². The fourth-order valence-electron chi connectivity index (χ4n) is 1.81. The second-order valence-electron chi connectivity index (χ2n) is 4.12. The lowest BCUT2D eigenvalue weighted by Gasteiger charge is -2.14. The Morgan fingerprint density at radius 2 is 2.25 bits per heavy atom. The minimum Gasteiger partial charge on any atom is -0.336 e. The molecule has 1 atom stereocenters. The number of carbonyl (C=O) groups excluding carboxylic acids is 1. The average molecular weight is 245 g/mol. The van der Waals surface area contributed by atoms with Gasteiger partial charge in [0.2, 0.25) is 0 Å². The fourth-order valence-corrected chi connectivity index (χ4v) is 1.81. The highest BCUT2D eigenvalue weighted by Crippen LogP contribution is 2.15. The summed E-state index contributed by atoms with van der Waals surface area (Å²) in [6.45, 7) is 5.20. The highest BCUT2D eigenvalue weighted by atomic mass is 35.5. The van der Waals surface area contributed by atoms with Gasteiger partial charge in [0.05, 0.1) is 0 Å². The number of nitrogens with one attached hydrogen (secondary N) is 1. The predicted octanol–water partition coefficient (Wildman–Crippen LogP) is 0.622. The Morgan fingerprint density at radius 3 is 2.69 bits per heavy atom. The summed E-state index contributed by atoms with van der Waals surface area (Å²) in [5.74, 6) is -0.00944. The van der Waals surface area contributed by atoms with Gasteiger partial charge < -0.3 is 10.6 Å². The highest BCUT2D eigenvalue weighted by Gasteiger charge is 2.27. The SMILES string of the molecule is Cc1[nH]nc(C(=O)N2CC[C@H](N)C2)c1C.Cl. The van der Waals surface area contributed by atoms with E-state index in [1.54, 1.807) is 4.90 Å². The van der Waals surface area contributed by atoms with Crippen molar-refractivity contribution in [2.24, 2.45) is 5.73 Å². The van der Waals surface area contributed by atoms with E-state index in [1.807, 2.05) is 13.8 Å². The normalized spacial score (nSPS) is 19.7. The van der Waals surface area contributed by atoms with E-state index < -0.39 is 0 Å². The molecule has 1 amide bonds. The average Bonchev–Trinajstić information content (AvgIpc) is 2.75. The Bertz CT molecular complexity index is 390. The third-order valence-corrected chi connectivity index (χ3v) is 2.97. The molecule has 90 valence electrons. The van der Waals surface area contributed by atoms with Crippen molar-refractivity contribution in [2.75, 3.05) is 13.1 Å². The van der Waals surface area contributed by atoms with Crippen molar-refractivity contribution < 1.29 is 4.79 Å². The number of rotatable bonds is 1. The Kier molecular flexibility index (Phi) is 3.93. The summed E-state index contributed by atoms with van der Waals surface area (Å²) >= 11 is 0. The van der Waals surface area contributed by atoms with Gasteiger partial charge in [0, 0.05) is 30.4 Å². The van der Waals surface area contributed by atoms with Crippen molar-refractivity contribution in [3.8, 4) is 0 Å². The molecule has 0 bridgehead atoms. The number of nitrogens with two attached hydrogens (primary N) is 1. The van der Waals surface area contributed by atoms with Crippen LogP contribution in [0.1, 0.15) is 28.2 Å². The van der Waals surface area contributed by atoms with Gasteiger partial charge in [-0.15, -0.1) is 12.4 Å². The van der Waals surface area contributed by atoms with Crippen molar-refractivity contribution in [2.45, 2.75) is 26.3 Å². The number of aromatic amines is 1. The first kappa shape index (κ1) is 13.0. The Morgan fingerprint density at radius 1 is 1.56 bits per heavy atom. The van der Waals surface area contributed by atoms with Crippen LogP contribution in [0.4, 0.5) is 0 Å². The zero-order valence-corrected chi connectivity index (χ0v) is 10.3. The molecule has 0 unspecified atom stereocenters. The molecule has 0 radical (unpaired) electrons. The lowest BCUT2D eigenvalue weighted by molar-refractivity contribution is 0.0784. The summed E-state index contributed by atoms with van der Waals surface area (Å²) in [6, 6.07) is 0.120. The summed E-state index contributed by atoms with van der Waals surface area (Å²) in [6.07, 6.45) is 0.883. The Balaban J connectivity index is 0.00000128. The molecule has 1 aromatic rings. The number of amides is 1. The van der Waals surface area contributed by atoms with E-state index in [9.17, 15) is 4.79 Å². The lowest BCUT2D eigenvalue weighted by atomic mass is 10.2. The van der Waals surface area contributed by atoms with Crippen LogP contribution in [0.2, 0.25) is 0 Å². The molecule has 0 aliphatic carbocycles. The number of halogens is 1. The third-order valence-electron chi connectivity index (χ3n) is 2.97. The number of hydrogen-bond donors (Lipinski definition) is 2. The van der Waals surface area contributed by atoms with Crippen LogP contribution in [-0.2, 0) is 0 Å². The Hall–Kier alpha value is -1.07. The van der Waals surface area contributed by atoms with E-state index >= 15 is 0 Å². The summed E-state index contributed by atoms with van der Waals surface area (Å²) in [5.41, 5.74) is 8.17. The molecule has 1 fully saturated rings. The van der Waals surface area contributed by atoms with Gasteiger partial charge in [-0.05, 0) is 20.3 Å². The van der Waals surface area contributed by atoms with Crippen molar-refractivity contribution in [1.82, 2.24) is 15.1 Å². The van der Waals surface area contributed by atoms with Gasteiger partial charge in [-0.3, -0.25) is 9.89 Å². The van der Waals surface area contributed by atoms with Gasteiger partial charge in [0.1, 0.15) is 0 Å². The van der Waals surface area contributed by atoms with Gasteiger partial charge in [-0.25, -0.2) is 0 Å². The first-order valence-corrected chi connectivity index (χ1v) is 5.16. The van der Waals surface area contributed by atoms with Crippen LogP contribution in [0, 0.1) is 13.8 Å². The lowest BCUT2D eigenvalue weighted by Crippen LogP contribution is -2.32. The molecule has 5 nitrogen and oxygen atoms in total. The number of carbonyl (C=O) groups is 1. The molecule has 2 rings (SSSR count). The van der Waals surface area contributed by atoms with Gasteiger partial charge >= 0.3 is 0 Å². The molecular formula is C10H17ClN4O. The number of likely N-dealkylation sites (tertiary alicyclic amines) is 1. The minimum absolute atomic E-state index is 0. The maximum absolute atomic E-state index is 12.0. The first-order chi connectivity index (χ1) is 7.09. The zero-order chi connectivity index (χ0) is 11.0. The summed E-state index contributed by atoms with van der Waals surface area (Å²) in [7, 11) is 0. The molecular weight excluding hydrogens is 228 g/mol. The second-order valence-corrected chi connectivity index (χ2v) is 4.12. The van der Waals surface area contributed by atoms with Gasteiger partial charge in [-0.1, -0.05) is 0 Å². The minimum atomic E-state index is -0.00944. The van der Waals surface area contributed by atoms with Crippen molar-refractivity contribution in [3.63, 3.8) is 0 Å². The molecule has 0 aromatic carbocycles. The highest BCUT2D eigenvalue weighted by molar-refractivity contribution is 5.94. The van der Waals surface area contributed by atoms with Gasteiger partial charge in [-0.2, -0.15) is 5.10 Å².